The summed E-state index contributed by atoms with van der Waals surface area (Å²) in [5.41, 5.74) is 5.46. The van der Waals surface area contributed by atoms with Crippen LogP contribution in [0.4, 0.5) is 0 Å². The molecule has 0 saturated heterocycles. The van der Waals surface area contributed by atoms with Gasteiger partial charge in [0.15, 0.2) is 0 Å². The standard InChI is InChI=1S/C24H30N2O/c1-17-11-12-20(16-21(17)23(2,3)4)24(5,6)19-10-7-9-18(15-19)22(27)26-14-8-13-25/h7,9-12,15-16H,8,14H2,1-6H3,(H,26,27). The SMILES string of the molecule is Cc1ccc(C(C)(C)c2cccc(C(=O)NCCC#N)c2)cc1C(C)(C)C. The van der Waals surface area contributed by atoms with Crippen LogP contribution < -0.4 is 5.32 Å². The topological polar surface area (TPSA) is 52.9 Å². The molecule has 0 atom stereocenters. The highest BCUT2D eigenvalue weighted by atomic mass is 16.1. The van der Waals surface area contributed by atoms with Crippen LogP contribution in [0.15, 0.2) is 42.5 Å². The van der Waals surface area contributed by atoms with Crippen molar-refractivity contribution in [3.05, 3.63) is 70.3 Å². The van der Waals surface area contributed by atoms with Gasteiger partial charge in [-0.15, -0.1) is 0 Å². The van der Waals surface area contributed by atoms with Crippen LogP contribution in [0.3, 0.4) is 0 Å². The third kappa shape index (κ3) is 4.77. The second-order valence-corrected chi connectivity index (χ2v) is 8.65. The number of benzene rings is 2. The lowest BCUT2D eigenvalue weighted by atomic mass is 9.74. The molecular formula is C24H30N2O. The number of carbonyl (C=O) groups is 1. The van der Waals surface area contributed by atoms with E-state index in [1.54, 1.807) is 0 Å². The van der Waals surface area contributed by atoms with Crippen molar-refractivity contribution in [3.8, 4) is 6.07 Å². The van der Waals surface area contributed by atoms with E-state index in [-0.39, 0.29) is 16.7 Å². The van der Waals surface area contributed by atoms with Crippen LogP contribution >= 0.6 is 0 Å². The third-order valence-corrected chi connectivity index (χ3v) is 5.14. The van der Waals surface area contributed by atoms with Crippen LogP contribution in [0, 0.1) is 18.3 Å². The molecular weight excluding hydrogens is 332 g/mol. The average Bonchev–Trinajstić information content (AvgIpc) is 2.61. The predicted molar refractivity (Wildman–Crippen MR) is 111 cm³/mol. The summed E-state index contributed by atoms with van der Waals surface area (Å²) >= 11 is 0. The summed E-state index contributed by atoms with van der Waals surface area (Å²) in [5.74, 6) is -0.137. The Morgan fingerprint density at radius 1 is 1.04 bits per heavy atom. The Labute approximate surface area is 163 Å². The first kappa shape index (κ1) is 20.7. The van der Waals surface area contributed by atoms with Gasteiger partial charge in [-0.05, 0) is 46.7 Å². The Hall–Kier alpha value is -2.60. The molecule has 0 saturated carbocycles. The molecule has 0 aliphatic heterocycles. The van der Waals surface area contributed by atoms with E-state index in [1.165, 1.54) is 16.7 Å². The molecule has 2 aromatic rings. The van der Waals surface area contributed by atoms with Crippen molar-refractivity contribution >= 4 is 5.91 Å². The summed E-state index contributed by atoms with van der Waals surface area (Å²) in [6.07, 6.45) is 0.315. The van der Waals surface area contributed by atoms with E-state index in [9.17, 15) is 4.79 Å². The summed E-state index contributed by atoms with van der Waals surface area (Å²) < 4.78 is 0. The minimum atomic E-state index is -0.226. The summed E-state index contributed by atoms with van der Waals surface area (Å²) in [6, 6.07) is 16.5. The molecule has 3 heteroatoms. The van der Waals surface area contributed by atoms with Crippen LogP contribution in [0.1, 0.15) is 73.7 Å². The number of carbonyl (C=O) groups excluding carboxylic acids is 1. The minimum Gasteiger partial charge on any atom is -0.351 e. The molecule has 0 aliphatic rings. The van der Waals surface area contributed by atoms with Crippen molar-refractivity contribution in [2.24, 2.45) is 0 Å². The Kier molecular flexibility index (Phi) is 6.11. The maximum Gasteiger partial charge on any atom is 0.251 e. The van der Waals surface area contributed by atoms with Crippen LogP contribution in [0.2, 0.25) is 0 Å². The normalized spacial score (nSPS) is 11.7. The Morgan fingerprint density at radius 2 is 1.70 bits per heavy atom. The molecule has 3 nitrogen and oxygen atoms in total. The first-order valence-corrected chi connectivity index (χ1v) is 9.44. The Morgan fingerprint density at radius 3 is 2.33 bits per heavy atom. The predicted octanol–water partition coefficient (Wildman–Crippen LogP) is 5.26. The highest BCUT2D eigenvalue weighted by Gasteiger charge is 2.26. The van der Waals surface area contributed by atoms with Gasteiger partial charge in [-0.3, -0.25) is 4.79 Å². The highest BCUT2D eigenvalue weighted by Crippen LogP contribution is 2.35. The van der Waals surface area contributed by atoms with Crippen LogP contribution in [0.25, 0.3) is 0 Å². The monoisotopic (exact) mass is 362 g/mol. The smallest absolute Gasteiger partial charge is 0.251 e. The zero-order valence-corrected chi connectivity index (χ0v) is 17.3. The lowest BCUT2D eigenvalue weighted by molar-refractivity contribution is 0.0954. The second kappa shape index (κ2) is 7.96. The average molecular weight is 363 g/mol. The van der Waals surface area contributed by atoms with E-state index in [4.69, 9.17) is 5.26 Å². The van der Waals surface area contributed by atoms with Gasteiger partial charge in [-0.2, -0.15) is 5.26 Å². The van der Waals surface area contributed by atoms with Crippen molar-refractivity contribution in [2.75, 3.05) is 6.54 Å². The summed E-state index contributed by atoms with van der Waals surface area (Å²) in [5, 5.41) is 11.4. The lowest BCUT2D eigenvalue weighted by Crippen LogP contribution is -2.25. The van der Waals surface area contributed by atoms with Gasteiger partial charge in [0.1, 0.15) is 0 Å². The molecule has 2 rings (SSSR count). The fourth-order valence-corrected chi connectivity index (χ4v) is 3.37. The van der Waals surface area contributed by atoms with E-state index in [1.807, 2.05) is 24.3 Å². The molecule has 1 N–H and O–H groups in total. The molecule has 0 heterocycles. The molecule has 0 fully saturated rings. The van der Waals surface area contributed by atoms with Crippen LogP contribution in [-0.4, -0.2) is 12.5 Å². The summed E-state index contributed by atoms with van der Waals surface area (Å²) in [4.78, 5) is 12.3. The van der Waals surface area contributed by atoms with Gasteiger partial charge in [0, 0.05) is 17.5 Å². The largest absolute Gasteiger partial charge is 0.351 e. The third-order valence-electron chi connectivity index (χ3n) is 5.14. The summed E-state index contributed by atoms with van der Waals surface area (Å²) in [7, 11) is 0. The van der Waals surface area contributed by atoms with Crippen LogP contribution in [-0.2, 0) is 10.8 Å². The minimum absolute atomic E-state index is 0.0820. The van der Waals surface area contributed by atoms with E-state index in [2.05, 4.69) is 71.1 Å². The molecule has 142 valence electrons. The number of nitriles is 1. The molecule has 2 aromatic carbocycles. The fraction of sp³-hybridized carbons (Fsp3) is 0.417. The van der Waals surface area contributed by atoms with E-state index < -0.39 is 0 Å². The molecule has 0 radical (unpaired) electrons. The maximum atomic E-state index is 12.3. The summed E-state index contributed by atoms with van der Waals surface area (Å²) in [6.45, 7) is 13.6. The van der Waals surface area contributed by atoms with Gasteiger partial charge in [0.05, 0.1) is 12.5 Å². The number of amides is 1. The second-order valence-electron chi connectivity index (χ2n) is 8.65. The number of aryl methyl sites for hydroxylation is 1. The van der Waals surface area contributed by atoms with E-state index >= 15 is 0 Å². The number of hydrogen-bond acceptors (Lipinski definition) is 2. The molecule has 0 spiro atoms. The number of nitrogens with one attached hydrogen (secondary N) is 1. The number of nitrogens with zero attached hydrogens (tertiary/aromatic N) is 1. The molecule has 0 unspecified atom stereocenters. The lowest BCUT2D eigenvalue weighted by Gasteiger charge is -2.30. The zero-order valence-electron chi connectivity index (χ0n) is 17.3. The Bertz CT molecular complexity index is 867. The van der Waals surface area contributed by atoms with Crippen molar-refractivity contribution in [2.45, 2.75) is 58.8 Å². The van der Waals surface area contributed by atoms with Gasteiger partial charge in [-0.25, -0.2) is 0 Å². The van der Waals surface area contributed by atoms with Crippen molar-refractivity contribution < 1.29 is 4.79 Å². The van der Waals surface area contributed by atoms with Gasteiger partial charge < -0.3 is 5.32 Å². The molecule has 27 heavy (non-hydrogen) atoms. The maximum absolute atomic E-state index is 12.3. The van der Waals surface area contributed by atoms with Gasteiger partial charge in [0.25, 0.3) is 5.91 Å². The zero-order chi connectivity index (χ0) is 20.2. The van der Waals surface area contributed by atoms with Crippen molar-refractivity contribution in [1.29, 1.82) is 5.26 Å². The highest BCUT2D eigenvalue weighted by molar-refractivity contribution is 5.94. The Balaban J connectivity index is 2.39. The molecule has 1 amide bonds. The van der Waals surface area contributed by atoms with E-state index in [0.717, 1.165) is 5.56 Å². The molecule has 0 aliphatic carbocycles. The van der Waals surface area contributed by atoms with E-state index in [0.29, 0.717) is 18.5 Å². The first-order valence-electron chi connectivity index (χ1n) is 9.44. The number of rotatable bonds is 5. The van der Waals surface area contributed by atoms with Gasteiger partial charge >= 0.3 is 0 Å². The van der Waals surface area contributed by atoms with Crippen LogP contribution in [0.5, 0.6) is 0 Å². The molecule has 0 aromatic heterocycles. The quantitative estimate of drug-likeness (QED) is 0.737. The first-order chi connectivity index (χ1) is 12.6. The van der Waals surface area contributed by atoms with Gasteiger partial charge in [0.2, 0.25) is 0 Å². The van der Waals surface area contributed by atoms with Gasteiger partial charge in [-0.1, -0.05) is 65.0 Å². The number of hydrogen-bond donors (Lipinski definition) is 1. The molecule has 0 bridgehead atoms. The van der Waals surface area contributed by atoms with Crippen molar-refractivity contribution in [3.63, 3.8) is 0 Å². The van der Waals surface area contributed by atoms with Crippen molar-refractivity contribution in [1.82, 2.24) is 5.32 Å². The fourth-order valence-electron chi connectivity index (χ4n) is 3.37.